The van der Waals surface area contributed by atoms with E-state index in [2.05, 4.69) is 28.6 Å². The zero-order chi connectivity index (χ0) is 14.1. The maximum absolute atomic E-state index is 6.33. The SMILES string of the molecule is CCCC(N)C(CC)Sc1nnc(C2CC2)n1C1CC1. The van der Waals surface area contributed by atoms with E-state index in [-0.39, 0.29) is 6.04 Å². The second-order valence-corrected chi connectivity index (χ2v) is 7.44. The summed E-state index contributed by atoms with van der Waals surface area (Å²) in [5, 5.41) is 10.6. The first-order valence-electron chi connectivity index (χ1n) is 8.11. The van der Waals surface area contributed by atoms with E-state index in [1.807, 2.05) is 11.8 Å². The molecule has 2 fully saturated rings. The van der Waals surface area contributed by atoms with Crippen molar-refractivity contribution in [3.05, 3.63) is 5.82 Å². The molecule has 2 saturated carbocycles. The predicted molar refractivity (Wildman–Crippen MR) is 83.1 cm³/mol. The standard InChI is InChI=1S/C15H26N4S/c1-3-5-12(16)13(4-2)20-15-18-17-14(10-6-7-10)19(15)11-8-9-11/h10-13H,3-9,16H2,1-2H3. The van der Waals surface area contributed by atoms with Crippen molar-refractivity contribution >= 4 is 11.8 Å². The van der Waals surface area contributed by atoms with Crippen LogP contribution in [0.2, 0.25) is 0 Å². The molecule has 0 radical (unpaired) electrons. The number of rotatable bonds is 8. The molecular weight excluding hydrogens is 268 g/mol. The number of aromatic nitrogens is 3. The van der Waals surface area contributed by atoms with Crippen LogP contribution in [0.1, 0.15) is 76.6 Å². The van der Waals surface area contributed by atoms with Gasteiger partial charge in [-0.05, 0) is 38.5 Å². The van der Waals surface area contributed by atoms with Crippen LogP contribution >= 0.6 is 11.8 Å². The normalized spacial score (nSPS) is 21.9. The molecule has 2 unspecified atom stereocenters. The molecular formula is C15H26N4S. The average molecular weight is 294 g/mol. The van der Waals surface area contributed by atoms with Crippen LogP contribution in [0.5, 0.6) is 0 Å². The van der Waals surface area contributed by atoms with Crippen molar-refractivity contribution in [2.45, 2.75) is 87.2 Å². The van der Waals surface area contributed by atoms with E-state index < -0.39 is 0 Å². The number of thioether (sulfide) groups is 1. The first kappa shape index (κ1) is 14.4. The Morgan fingerprint density at radius 2 is 2.00 bits per heavy atom. The fraction of sp³-hybridized carbons (Fsp3) is 0.867. The minimum absolute atomic E-state index is 0.267. The van der Waals surface area contributed by atoms with Gasteiger partial charge in [-0.25, -0.2) is 0 Å². The molecule has 112 valence electrons. The third-order valence-electron chi connectivity index (χ3n) is 4.30. The highest BCUT2D eigenvalue weighted by Gasteiger charge is 2.37. The summed E-state index contributed by atoms with van der Waals surface area (Å²) in [6.45, 7) is 4.43. The lowest BCUT2D eigenvalue weighted by Gasteiger charge is -2.21. The predicted octanol–water partition coefficient (Wildman–Crippen LogP) is 3.49. The summed E-state index contributed by atoms with van der Waals surface area (Å²) in [5.41, 5.74) is 6.33. The largest absolute Gasteiger partial charge is 0.327 e. The minimum atomic E-state index is 0.267. The van der Waals surface area contributed by atoms with Gasteiger partial charge in [0.15, 0.2) is 5.16 Å². The van der Waals surface area contributed by atoms with Gasteiger partial charge in [0.2, 0.25) is 0 Å². The van der Waals surface area contributed by atoms with Gasteiger partial charge in [-0.15, -0.1) is 10.2 Å². The smallest absolute Gasteiger partial charge is 0.191 e. The molecule has 0 aromatic carbocycles. The van der Waals surface area contributed by atoms with Crippen LogP contribution in [0.25, 0.3) is 0 Å². The molecule has 1 aromatic rings. The van der Waals surface area contributed by atoms with E-state index in [1.165, 1.54) is 31.5 Å². The van der Waals surface area contributed by atoms with Gasteiger partial charge in [0, 0.05) is 23.3 Å². The van der Waals surface area contributed by atoms with E-state index >= 15 is 0 Å². The zero-order valence-corrected chi connectivity index (χ0v) is 13.4. The Hall–Kier alpha value is -0.550. The van der Waals surface area contributed by atoms with E-state index in [0.717, 1.165) is 24.4 Å². The van der Waals surface area contributed by atoms with Crippen LogP contribution in [0.15, 0.2) is 5.16 Å². The average Bonchev–Trinajstić information content (AvgIpc) is 3.35. The molecule has 2 atom stereocenters. The zero-order valence-electron chi connectivity index (χ0n) is 12.6. The van der Waals surface area contributed by atoms with Gasteiger partial charge in [0.05, 0.1) is 0 Å². The van der Waals surface area contributed by atoms with E-state index in [4.69, 9.17) is 5.73 Å². The summed E-state index contributed by atoms with van der Waals surface area (Å²) in [4.78, 5) is 0. The van der Waals surface area contributed by atoms with Crippen LogP contribution in [-0.2, 0) is 0 Å². The summed E-state index contributed by atoms with van der Waals surface area (Å²) in [6, 6.07) is 0.937. The highest BCUT2D eigenvalue weighted by atomic mass is 32.2. The molecule has 4 nitrogen and oxygen atoms in total. The first-order valence-corrected chi connectivity index (χ1v) is 8.99. The first-order chi connectivity index (χ1) is 9.74. The lowest BCUT2D eigenvalue weighted by molar-refractivity contribution is 0.561. The van der Waals surface area contributed by atoms with Gasteiger partial charge in [-0.2, -0.15) is 0 Å². The van der Waals surface area contributed by atoms with Crippen molar-refractivity contribution in [3.63, 3.8) is 0 Å². The monoisotopic (exact) mass is 294 g/mol. The highest BCUT2D eigenvalue weighted by molar-refractivity contribution is 7.99. The third kappa shape index (κ3) is 3.03. The summed E-state index contributed by atoms with van der Waals surface area (Å²) in [5.74, 6) is 1.93. The Morgan fingerprint density at radius 1 is 1.25 bits per heavy atom. The Labute approximate surface area is 125 Å². The fourth-order valence-electron chi connectivity index (χ4n) is 2.79. The highest BCUT2D eigenvalue weighted by Crippen LogP contribution is 2.46. The number of nitrogens with two attached hydrogens (primary N) is 1. The van der Waals surface area contributed by atoms with Crippen LogP contribution in [-0.4, -0.2) is 26.1 Å². The molecule has 3 rings (SSSR count). The van der Waals surface area contributed by atoms with E-state index in [9.17, 15) is 0 Å². The van der Waals surface area contributed by atoms with Gasteiger partial charge in [0.25, 0.3) is 0 Å². The molecule has 2 N–H and O–H groups in total. The Kier molecular flexibility index (Phi) is 4.36. The van der Waals surface area contributed by atoms with Crippen molar-refractivity contribution in [3.8, 4) is 0 Å². The summed E-state index contributed by atoms with van der Waals surface area (Å²) < 4.78 is 2.43. The van der Waals surface area contributed by atoms with Crippen LogP contribution in [0.4, 0.5) is 0 Å². The summed E-state index contributed by atoms with van der Waals surface area (Å²) >= 11 is 1.86. The van der Waals surface area contributed by atoms with Crippen molar-refractivity contribution in [1.29, 1.82) is 0 Å². The van der Waals surface area contributed by atoms with Crippen molar-refractivity contribution in [1.82, 2.24) is 14.8 Å². The molecule has 1 heterocycles. The molecule has 0 aliphatic heterocycles. The molecule has 0 saturated heterocycles. The fourth-order valence-corrected chi connectivity index (χ4v) is 3.99. The molecule has 0 spiro atoms. The van der Waals surface area contributed by atoms with Crippen LogP contribution in [0.3, 0.4) is 0 Å². The third-order valence-corrected chi connectivity index (χ3v) is 5.78. The van der Waals surface area contributed by atoms with Crippen molar-refractivity contribution < 1.29 is 0 Å². The molecule has 1 aromatic heterocycles. The van der Waals surface area contributed by atoms with E-state index in [0.29, 0.717) is 17.2 Å². The second-order valence-electron chi connectivity index (χ2n) is 6.23. The van der Waals surface area contributed by atoms with Crippen molar-refractivity contribution in [2.75, 3.05) is 0 Å². The van der Waals surface area contributed by atoms with Gasteiger partial charge in [-0.1, -0.05) is 32.0 Å². The Morgan fingerprint density at radius 3 is 2.55 bits per heavy atom. The molecule has 2 aliphatic carbocycles. The topological polar surface area (TPSA) is 56.7 Å². The van der Waals surface area contributed by atoms with E-state index in [1.54, 1.807) is 0 Å². The summed E-state index contributed by atoms with van der Waals surface area (Å²) in [7, 11) is 0. The summed E-state index contributed by atoms with van der Waals surface area (Å²) in [6.07, 6.45) is 8.53. The van der Waals surface area contributed by atoms with Gasteiger partial charge in [-0.3, -0.25) is 0 Å². The second kappa shape index (κ2) is 6.06. The maximum Gasteiger partial charge on any atom is 0.191 e. The van der Waals surface area contributed by atoms with Crippen molar-refractivity contribution in [2.24, 2.45) is 5.73 Å². The number of hydrogen-bond acceptors (Lipinski definition) is 4. The molecule has 0 bridgehead atoms. The number of nitrogens with zero attached hydrogens (tertiary/aromatic N) is 3. The molecule has 2 aliphatic rings. The van der Waals surface area contributed by atoms with Crippen LogP contribution in [0, 0.1) is 0 Å². The lowest BCUT2D eigenvalue weighted by Crippen LogP contribution is -2.32. The minimum Gasteiger partial charge on any atom is -0.327 e. The van der Waals surface area contributed by atoms with Gasteiger partial charge in [0.1, 0.15) is 5.82 Å². The quantitative estimate of drug-likeness (QED) is 0.746. The lowest BCUT2D eigenvalue weighted by atomic mass is 10.1. The van der Waals surface area contributed by atoms with Crippen LogP contribution < -0.4 is 5.73 Å². The Bertz CT molecular complexity index is 451. The van der Waals surface area contributed by atoms with Gasteiger partial charge < -0.3 is 10.3 Å². The molecule has 5 heteroatoms. The number of hydrogen-bond donors (Lipinski definition) is 1. The molecule has 0 amide bonds. The van der Waals surface area contributed by atoms with Gasteiger partial charge >= 0.3 is 0 Å². The maximum atomic E-state index is 6.33. The Balaban J connectivity index is 1.75. The molecule has 20 heavy (non-hydrogen) atoms.